The summed E-state index contributed by atoms with van der Waals surface area (Å²) >= 11 is 3.10. The van der Waals surface area contributed by atoms with Crippen molar-refractivity contribution in [2.24, 2.45) is 0 Å². The molecule has 1 aliphatic heterocycles. The maximum Gasteiger partial charge on any atom is 0.341 e. The van der Waals surface area contributed by atoms with Crippen molar-refractivity contribution in [2.45, 2.75) is 12.8 Å². The molecule has 1 fully saturated rings. The molecule has 1 saturated heterocycles. The van der Waals surface area contributed by atoms with Crippen LogP contribution < -0.4 is 10.2 Å². The van der Waals surface area contributed by atoms with E-state index in [2.05, 4.69) is 21.2 Å². The second-order valence-corrected chi connectivity index (χ2v) is 6.83. The molecule has 1 aliphatic rings. The summed E-state index contributed by atoms with van der Waals surface area (Å²) in [6.45, 7) is 0.0141. The minimum absolute atomic E-state index is 0.00570. The van der Waals surface area contributed by atoms with Crippen molar-refractivity contribution in [1.82, 2.24) is 0 Å². The number of nitrogens with one attached hydrogen (secondary N) is 1. The second-order valence-electron chi connectivity index (χ2n) is 5.91. The average Bonchev–Trinajstić information content (AvgIpc) is 3.06. The van der Waals surface area contributed by atoms with Gasteiger partial charge in [-0.1, -0.05) is 28.1 Å². The van der Waals surface area contributed by atoms with E-state index in [4.69, 9.17) is 4.74 Å². The Labute approximate surface area is 163 Å². The van der Waals surface area contributed by atoms with E-state index in [0.717, 1.165) is 12.5 Å². The Morgan fingerprint density at radius 1 is 1.22 bits per heavy atom. The van der Waals surface area contributed by atoms with Crippen LogP contribution in [-0.2, 0) is 14.3 Å². The number of halogens is 2. The molecule has 0 unspecified atom stereocenters. The fraction of sp³-hybridized carbons (Fsp3) is 0.211. The lowest BCUT2D eigenvalue weighted by molar-refractivity contribution is -0.119. The predicted octanol–water partition coefficient (Wildman–Crippen LogP) is 3.51. The standard InChI is InChI=1S/C19H16BrFN2O4/c20-12-7-8-13(14(21)10-12)19(26)27-11-17(24)22-15-4-1-2-5-16(15)23-9-3-6-18(23)25/h1-2,4-5,7-8,10H,3,6,9,11H2,(H,22,24). The first kappa shape index (κ1) is 19.0. The van der Waals surface area contributed by atoms with Gasteiger partial charge in [-0.05, 0) is 36.8 Å². The Balaban J connectivity index is 1.63. The van der Waals surface area contributed by atoms with Gasteiger partial charge in [0.05, 0.1) is 16.9 Å². The summed E-state index contributed by atoms with van der Waals surface area (Å²) in [6, 6.07) is 10.8. The highest BCUT2D eigenvalue weighted by atomic mass is 79.9. The van der Waals surface area contributed by atoms with Crippen LogP contribution in [0.4, 0.5) is 15.8 Å². The number of anilines is 2. The molecule has 27 heavy (non-hydrogen) atoms. The van der Waals surface area contributed by atoms with Crippen molar-refractivity contribution >= 4 is 45.1 Å². The number of para-hydroxylation sites is 2. The predicted molar refractivity (Wildman–Crippen MR) is 101 cm³/mol. The molecule has 1 N–H and O–H groups in total. The van der Waals surface area contributed by atoms with Gasteiger partial charge in [0.15, 0.2) is 6.61 Å². The SMILES string of the molecule is O=C(COC(=O)c1ccc(Br)cc1F)Nc1ccccc1N1CCCC1=O. The van der Waals surface area contributed by atoms with Crippen LogP contribution in [0.25, 0.3) is 0 Å². The van der Waals surface area contributed by atoms with Gasteiger partial charge in [0.2, 0.25) is 5.91 Å². The molecule has 8 heteroatoms. The van der Waals surface area contributed by atoms with E-state index in [0.29, 0.717) is 28.8 Å². The molecule has 140 valence electrons. The maximum absolute atomic E-state index is 13.8. The molecule has 0 saturated carbocycles. The lowest BCUT2D eigenvalue weighted by Gasteiger charge is -2.19. The third kappa shape index (κ3) is 4.51. The van der Waals surface area contributed by atoms with Gasteiger partial charge in [-0.25, -0.2) is 9.18 Å². The largest absolute Gasteiger partial charge is 0.452 e. The van der Waals surface area contributed by atoms with Crippen LogP contribution in [0.15, 0.2) is 46.9 Å². The van der Waals surface area contributed by atoms with Crippen LogP contribution in [-0.4, -0.2) is 30.9 Å². The van der Waals surface area contributed by atoms with E-state index in [-0.39, 0.29) is 11.5 Å². The number of amides is 2. The zero-order valence-corrected chi connectivity index (χ0v) is 15.8. The minimum atomic E-state index is -0.932. The summed E-state index contributed by atoms with van der Waals surface area (Å²) in [5, 5.41) is 2.63. The summed E-state index contributed by atoms with van der Waals surface area (Å²) in [4.78, 5) is 37.6. The number of hydrogen-bond acceptors (Lipinski definition) is 4. The summed E-state index contributed by atoms with van der Waals surface area (Å²) in [5.41, 5.74) is 0.788. The fourth-order valence-electron chi connectivity index (χ4n) is 2.77. The Bertz CT molecular complexity index is 903. The number of rotatable bonds is 5. The molecule has 2 amide bonds. The van der Waals surface area contributed by atoms with Crippen molar-refractivity contribution in [3.05, 3.63) is 58.3 Å². The molecule has 0 atom stereocenters. The zero-order chi connectivity index (χ0) is 19.4. The molecular weight excluding hydrogens is 419 g/mol. The van der Waals surface area contributed by atoms with Crippen molar-refractivity contribution < 1.29 is 23.5 Å². The maximum atomic E-state index is 13.8. The van der Waals surface area contributed by atoms with Crippen LogP contribution in [0.2, 0.25) is 0 Å². The Hall–Kier alpha value is -2.74. The molecule has 3 rings (SSSR count). The molecule has 0 aliphatic carbocycles. The first-order valence-corrected chi connectivity index (χ1v) is 9.06. The van der Waals surface area contributed by atoms with Gasteiger partial charge in [0.25, 0.3) is 5.91 Å². The first-order chi connectivity index (χ1) is 13.0. The fourth-order valence-corrected chi connectivity index (χ4v) is 3.10. The highest BCUT2D eigenvalue weighted by Crippen LogP contribution is 2.29. The topological polar surface area (TPSA) is 75.7 Å². The van der Waals surface area contributed by atoms with Crippen molar-refractivity contribution in [1.29, 1.82) is 0 Å². The lowest BCUT2D eigenvalue weighted by Crippen LogP contribution is -2.27. The van der Waals surface area contributed by atoms with Gasteiger partial charge in [-0.3, -0.25) is 9.59 Å². The van der Waals surface area contributed by atoms with E-state index >= 15 is 0 Å². The van der Waals surface area contributed by atoms with Crippen LogP contribution in [0, 0.1) is 5.82 Å². The number of esters is 1. The summed E-state index contributed by atoms with van der Waals surface area (Å²) in [5.74, 6) is -2.26. The van der Waals surface area contributed by atoms with E-state index in [1.54, 1.807) is 29.2 Å². The van der Waals surface area contributed by atoms with Crippen molar-refractivity contribution in [3.63, 3.8) is 0 Å². The Morgan fingerprint density at radius 2 is 2.00 bits per heavy atom. The molecule has 1 heterocycles. The summed E-state index contributed by atoms with van der Waals surface area (Å²) in [7, 11) is 0. The van der Waals surface area contributed by atoms with Crippen LogP contribution >= 0.6 is 15.9 Å². The quantitative estimate of drug-likeness (QED) is 0.730. The monoisotopic (exact) mass is 434 g/mol. The van der Waals surface area contributed by atoms with E-state index < -0.39 is 24.3 Å². The second kappa shape index (κ2) is 8.30. The highest BCUT2D eigenvalue weighted by Gasteiger charge is 2.24. The number of benzene rings is 2. The molecule has 0 radical (unpaired) electrons. The van der Waals surface area contributed by atoms with E-state index in [9.17, 15) is 18.8 Å². The van der Waals surface area contributed by atoms with Gasteiger partial charge in [-0.2, -0.15) is 0 Å². The molecule has 0 bridgehead atoms. The van der Waals surface area contributed by atoms with E-state index in [1.165, 1.54) is 12.1 Å². The van der Waals surface area contributed by atoms with Crippen molar-refractivity contribution in [2.75, 3.05) is 23.4 Å². The Kier molecular flexibility index (Phi) is 5.85. The highest BCUT2D eigenvalue weighted by molar-refractivity contribution is 9.10. The number of carbonyl (C=O) groups is 3. The minimum Gasteiger partial charge on any atom is -0.452 e. The number of hydrogen-bond donors (Lipinski definition) is 1. The normalized spacial score (nSPS) is 13.6. The van der Waals surface area contributed by atoms with Gasteiger partial charge < -0.3 is 15.0 Å². The smallest absolute Gasteiger partial charge is 0.341 e. The van der Waals surface area contributed by atoms with Crippen LogP contribution in [0.1, 0.15) is 23.2 Å². The average molecular weight is 435 g/mol. The molecule has 2 aromatic carbocycles. The lowest BCUT2D eigenvalue weighted by atomic mass is 10.2. The van der Waals surface area contributed by atoms with Gasteiger partial charge >= 0.3 is 5.97 Å². The summed E-state index contributed by atoms with van der Waals surface area (Å²) < 4.78 is 19.1. The van der Waals surface area contributed by atoms with Gasteiger partial charge in [0, 0.05) is 17.4 Å². The van der Waals surface area contributed by atoms with Crippen molar-refractivity contribution in [3.8, 4) is 0 Å². The molecule has 0 aromatic heterocycles. The molecule has 0 spiro atoms. The number of nitrogens with zero attached hydrogens (tertiary/aromatic N) is 1. The molecule has 6 nitrogen and oxygen atoms in total. The van der Waals surface area contributed by atoms with Gasteiger partial charge in [-0.15, -0.1) is 0 Å². The number of carbonyl (C=O) groups excluding carboxylic acids is 3. The third-order valence-electron chi connectivity index (χ3n) is 4.03. The zero-order valence-electron chi connectivity index (χ0n) is 14.2. The van der Waals surface area contributed by atoms with Crippen LogP contribution in [0.5, 0.6) is 0 Å². The van der Waals surface area contributed by atoms with Crippen LogP contribution in [0.3, 0.4) is 0 Å². The van der Waals surface area contributed by atoms with Gasteiger partial charge in [0.1, 0.15) is 5.82 Å². The number of ether oxygens (including phenoxy) is 1. The summed E-state index contributed by atoms with van der Waals surface area (Å²) in [6.07, 6.45) is 1.23. The first-order valence-electron chi connectivity index (χ1n) is 8.27. The van der Waals surface area contributed by atoms with E-state index in [1.807, 2.05) is 0 Å². The third-order valence-corrected chi connectivity index (χ3v) is 4.52. The molecule has 2 aromatic rings. The molecular formula is C19H16BrFN2O4. The Morgan fingerprint density at radius 3 is 2.70 bits per heavy atom.